The van der Waals surface area contributed by atoms with Crippen LogP contribution in [0.2, 0.25) is 0 Å². The van der Waals surface area contributed by atoms with Gasteiger partial charge in [-0.2, -0.15) is 0 Å². The minimum atomic E-state index is -1.63. The van der Waals surface area contributed by atoms with Gasteiger partial charge in [0.15, 0.2) is 0 Å². The number of carbonyl (C=O) groups excluding carboxylic acids is 3. The number of hydrogen-bond donors (Lipinski definition) is 1. The fourth-order valence-electron chi connectivity index (χ4n) is 0.241. The summed E-state index contributed by atoms with van der Waals surface area (Å²) in [6.07, 6.45) is -1.94. The minimum Gasteiger partial charge on any atom is -0.550 e. The predicted molar refractivity (Wildman–Crippen MR) is 31.9 cm³/mol. The van der Waals surface area contributed by atoms with Crippen LogP contribution in [0.5, 0.6) is 0 Å². The molecular formula is C6H5K3O8. The Kier molecular flexibility index (Phi) is 39.6. The predicted octanol–water partition coefficient (Wildman–Crippen LogP) is -13.9. The number of aliphatic carboxylic acids is 4. The summed E-state index contributed by atoms with van der Waals surface area (Å²) >= 11 is 0. The molecule has 0 atom stereocenters. The van der Waals surface area contributed by atoms with E-state index < -0.39 is 36.7 Å². The largest absolute Gasteiger partial charge is 1.00 e. The van der Waals surface area contributed by atoms with Gasteiger partial charge in [-0.25, -0.2) is 0 Å². The molecule has 17 heavy (non-hydrogen) atoms. The van der Waals surface area contributed by atoms with Crippen LogP contribution in [0.1, 0.15) is 12.8 Å². The topological polar surface area (TPSA) is 158 Å². The third kappa shape index (κ3) is 45.5. The first-order chi connectivity index (χ1) is 6.25. The summed E-state index contributed by atoms with van der Waals surface area (Å²) in [7, 11) is 0. The Labute approximate surface area is 224 Å². The maximum absolute atomic E-state index is 9.39. The second-order valence-corrected chi connectivity index (χ2v) is 1.86. The van der Waals surface area contributed by atoms with E-state index in [-0.39, 0.29) is 154 Å². The molecule has 0 unspecified atom stereocenters. The van der Waals surface area contributed by atoms with E-state index in [2.05, 4.69) is 0 Å². The minimum absolute atomic E-state index is 0. The molecule has 0 fully saturated rings. The molecule has 0 aromatic heterocycles. The Morgan fingerprint density at radius 3 is 0.941 bits per heavy atom. The summed E-state index contributed by atoms with van der Waals surface area (Å²) in [5, 5.41) is 35.5. The second-order valence-electron chi connectivity index (χ2n) is 1.86. The van der Waals surface area contributed by atoms with E-state index in [0.29, 0.717) is 0 Å². The van der Waals surface area contributed by atoms with Gasteiger partial charge >= 0.3 is 160 Å². The number of carbonyl (C=O) groups is 4. The van der Waals surface area contributed by atoms with Crippen molar-refractivity contribution in [3.63, 3.8) is 0 Å². The Balaban J connectivity index is -0.0000000480. The maximum Gasteiger partial charge on any atom is 1.00 e. The standard InChI is InChI=1S/2C3H4O4.3K/c2*4-2(5)1-3(6)7;;;/h2*1H2,(H,4,5)(H,6,7);;;/q;;3*+1/p-3. The normalized spacial score (nSPS) is 6.59. The molecule has 0 rings (SSSR count). The summed E-state index contributed by atoms with van der Waals surface area (Å²) in [6.45, 7) is 0. The molecule has 0 aromatic rings. The quantitative estimate of drug-likeness (QED) is 0.394. The van der Waals surface area contributed by atoms with Crippen LogP contribution in [0, 0.1) is 0 Å². The molecule has 0 radical (unpaired) electrons. The van der Waals surface area contributed by atoms with E-state index in [9.17, 15) is 34.5 Å². The van der Waals surface area contributed by atoms with Crippen LogP contribution < -0.4 is 169 Å². The molecule has 0 saturated carbocycles. The molecule has 0 heterocycles. The summed E-state index contributed by atoms with van der Waals surface area (Å²) in [5.74, 6) is -6.19. The van der Waals surface area contributed by atoms with Gasteiger partial charge in [0.2, 0.25) is 0 Å². The smallest absolute Gasteiger partial charge is 0.550 e. The van der Waals surface area contributed by atoms with Crippen molar-refractivity contribution in [3.05, 3.63) is 0 Å². The Hall–Kier alpha value is 2.79. The molecule has 0 aromatic carbocycles. The summed E-state index contributed by atoms with van der Waals surface area (Å²) in [4.78, 5) is 37.3. The Bertz CT molecular complexity index is 204. The number of hydrogen-bond acceptors (Lipinski definition) is 7. The van der Waals surface area contributed by atoms with Gasteiger partial charge in [-0.3, -0.25) is 4.79 Å². The van der Waals surface area contributed by atoms with Crippen molar-refractivity contribution in [2.24, 2.45) is 0 Å². The summed E-state index contributed by atoms with van der Waals surface area (Å²) in [5.41, 5.74) is 0. The zero-order valence-corrected chi connectivity index (χ0v) is 19.1. The van der Waals surface area contributed by atoms with Gasteiger partial charge in [-0.05, 0) is 0 Å². The van der Waals surface area contributed by atoms with E-state index in [1.807, 2.05) is 0 Å². The fraction of sp³-hybridized carbons (Fsp3) is 0.333. The third-order valence-electron chi connectivity index (χ3n) is 0.584. The molecular weight excluding hydrogens is 317 g/mol. The molecule has 0 amide bonds. The van der Waals surface area contributed by atoms with E-state index in [1.54, 1.807) is 0 Å². The van der Waals surface area contributed by atoms with Crippen LogP contribution in [-0.2, 0) is 19.2 Å². The number of rotatable bonds is 4. The zero-order valence-electron chi connectivity index (χ0n) is 9.72. The van der Waals surface area contributed by atoms with Crippen molar-refractivity contribution in [1.29, 1.82) is 0 Å². The van der Waals surface area contributed by atoms with E-state index in [1.165, 1.54) is 0 Å². The van der Waals surface area contributed by atoms with Crippen molar-refractivity contribution in [2.45, 2.75) is 12.8 Å². The average molecular weight is 322 g/mol. The third-order valence-corrected chi connectivity index (χ3v) is 0.584. The van der Waals surface area contributed by atoms with Gasteiger partial charge in [0, 0.05) is 18.4 Å². The van der Waals surface area contributed by atoms with Crippen molar-refractivity contribution < 1.29 is 194 Å². The first kappa shape index (κ1) is 31.9. The van der Waals surface area contributed by atoms with E-state index in [4.69, 9.17) is 5.11 Å². The van der Waals surface area contributed by atoms with Gasteiger partial charge in [-0.1, -0.05) is 0 Å². The van der Waals surface area contributed by atoms with Crippen molar-refractivity contribution in [3.8, 4) is 0 Å². The van der Waals surface area contributed by atoms with E-state index >= 15 is 0 Å². The molecule has 0 aliphatic rings. The van der Waals surface area contributed by atoms with Crippen molar-refractivity contribution >= 4 is 23.9 Å². The molecule has 8 nitrogen and oxygen atoms in total. The molecule has 0 aliphatic carbocycles. The van der Waals surface area contributed by atoms with Gasteiger partial charge in [-0.15, -0.1) is 0 Å². The van der Waals surface area contributed by atoms with E-state index in [0.717, 1.165) is 0 Å². The van der Waals surface area contributed by atoms with Crippen molar-refractivity contribution in [1.82, 2.24) is 0 Å². The summed E-state index contributed by atoms with van der Waals surface area (Å²) < 4.78 is 0. The maximum atomic E-state index is 9.39. The summed E-state index contributed by atoms with van der Waals surface area (Å²) in [6, 6.07) is 0. The first-order valence-electron chi connectivity index (χ1n) is 3.07. The van der Waals surface area contributed by atoms with Gasteiger partial charge < -0.3 is 34.8 Å². The SMILES string of the molecule is O=C([O-])CC(=O)O.O=C([O-])CC(=O)[O-].[K+].[K+].[K+]. The van der Waals surface area contributed by atoms with Crippen LogP contribution >= 0.6 is 0 Å². The monoisotopic (exact) mass is 322 g/mol. The van der Waals surface area contributed by atoms with Crippen LogP contribution in [-0.4, -0.2) is 29.0 Å². The fourth-order valence-corrected chi connectivity index (χ4v) is 0.241. The second kappa shape index (κ2) is 21.1. The number of carboxylic acid groups (broad SMARTS) is 4. The molecule has 80 valence electrons. The molecule has 1 N–H and O–H groups in total. The van der Waals surface area contributed by atoms with Crippen LogP contribution in [0.4, 0.5) is 0 Å². The Morgan fingerprint density at radius 2 is 0.941 bits per heavy atom. The number of carboxylic acids is 4. The molecule has 0 saturated heterocycles. The zero-order chi connectivity index (χ0) is 11.7. The first-order valence-corrected chi connectivity index (χ1v) is 3.07. The molecule has 11 heteroatoms. The molecule has 0 bridgehead atoms. The van der Waals surface area contributed by atoms with Crippen molar-refractivity contribution in [2.75, 3.05) is 0 Å². The van der Waals surface area contributed by atoms with Gasteiger partial charge in [0.05, 0.1) is 12.4 Å². The Morgan fingerprint density at radius 1 is 0.706 bits per heavy atom. The van der Waals surface area contributed by atoms with Crippen LogP contribution in [0.15, 0.2) is 0 Å². The molecule has 0 spiro atoms. The molecule has 0 aliphatic heterocycles. The van der Waals surface area contributed by atoms with Gasteiger partial charge in [0.1, 0.15) is 0 Å². The van der Waals surface area contributed by atoms with Crippen LogP contribution in [0.3, 0.4) is 0 Å². The van der Waals surface area contributed by atoms with Crippen LogP contribution in [0.25, 0.3) is 0 Å². The van der Waals surface area contributed by atoms with Gasteiger partial charge in [0.25, 0.3) is 0 Å². The average Bonchev–Trinajstić information content (AvgIpc) is 1.79.